The first kappa shape index (κ1) is 15.2. The number of allylic oxidation sites excluding steroid dienone is 2. The molecule has 1 aromatic carbocycles. The Bertz CT molecular complexity index is 839. The molecule has 2 atom stereocenters. The number of nitrogens with one attached hydrogen (secondary N) is 1. The van der Waals surface area contributed by atoms with Crippen LogP contribution in [0.15, 0.2) is 36.4 Å². The highest BCUT2D eigenvalue weighted by Gasteiger charge is 2.34. The summed E-state index contributed by atoms with van der Waals surface area (Å²) in [5.41, 5.74) is 2.01. The van der Waals surface area contributed by atoms with Crippen molar-refractivity contribution in [1.82, 2.24) is 4.98 Å². The number of para-hydroxylation sites is 1. The van der Waals surface area contributed by atoms with Crippen molar-refractivity contribution >= 4 is 22.5 Å². The summed E-state index contributed by atoms with van der Waals surface area (Å²) in [6.45, 7) is 1.80. The van der Waals surface area contributed by atoms with Gasteiger partial charge in [-0.2, -0.15) is 5.26 Å². The number of ketones is 2. The van der Waals surface area contributed by atoms with E-state index < -0.39 is 5.92 Å². The Morgan fingerprint density at radius 2 is 2.09 bits per heavy atom. The lowest BCUT2D eigenvalue weighted by molar-refractivity contribution is -0.124. The number of rotatable bonds is 4. The van der Waals surface area contributed by atoms with Crippen LogP contribution in [0.2, 0.25) is 0 Å². The van der Waals surface area contributed by atoms with E-state index in [9.17, 15) is 14.9 Å². The highest BCUT2D eigenvalue weighted by atomic mass is 16.2. The van der Waals surface area contributed by atoms with E-state index in [0.717, 1.165) is 17.3 Å². The Labute approximate surface area is 134 Å². The maximum atomic E-state index is 12.9. The largest absolute Gasteiger partial charge is 0.358 e. The zero-order chi connectivity index (χ0) is 16.4. The normalized spacial score (nSPS) is 18.5. The van der Waals surface area contributed by atoms with Crippen LogP contribution >= 0.6 is 0 Å². The van der Waals surface area contributed by atoms with Gasteiger partial charge in [0.2, 0.25) is 0 Å². The minimum absolute atomic E-state index is 0.223. The first-order valence-corrected chi connectivity index (χ1v) is 7.83. The zero-order valence-electron chi connectivity index (χ0n) is 13.0. The van der Waals surface area contributed by atoms with Gasteiger partial charge in [0.1, 0.15) is 0 Å². The van der Waals surface area contributed by atoms with Gasteiger partial charge < -0.3 is 4.98 Å². The number of fused-ring (bicyclic) bond motifs is 1. The van der Waals surface area contributed by atoms with Crippen molar-refractivity contribution in [3.8, 4) is 6.07 Å². The van der Waals surface area contributed by atoms with Gasteiger partial charge in [-0.25, -0.2) is 0 Å². The molecule has 1 heterocycles. The molecule has 0 bridgehead atoms. The van der Waals surface area contributed by atoms with Gasteiger partial charge in [0.15, 0.2) is 17.5 Å². The number of hydrogen-bond acceptors (Lipinski definition) is 3. The van der Waals surface area contributed by atoms with Crippen LogP contribution in [0.4, 0.5) is 0 Å². The molecule has 1 aromatic heterocycles. The summed E-state index contributed by atoms with van der Waals surface area (Å²) in [6, 6.07) is 9.40. The second-order valence-corrected chi connectivity index (χ2v) is 5.98. The Hall–Kier alpha value is -2.67. The van der Waals surface area contributed by atoms with Gasteiger partial charge in [-0.3, -0.25) is 9.59 Å². The lowest BCUT2D eigenvalue weighted by atomic mass is 9.82. The summed E-state index contributed by atoms with van der Waals surface area (Å²) in [7, 11) is 0. The number of carbonyl (C=O) groups excluding carboxylic acids is 2. The molecule has 2 aromatic rings. The van der Waals surface area contributed by atoms with Gasteiger partial charge in [0.25, 0.3) is 0 Å². The minimum atomic E-state index is -1.22. The van der Waals surface area contributed by atoms with Crippen molar-refractivity contribution in [2.24, 2.45) is 11.8 Å². The average molecular weight is 306 g/mol. The average Bonchev–Trinajstić information content (AvgIpc) is 2.91. The van der Waals surface area contributed by atoms with Crippen molar-refractivity contribution in [2.75, 3.05) is 0 Å². The first-order valence-electron chi connectivity index (χ1n) is 7.83. The molecule has 1 aliphatic carbocycles. The van der Waals surface area contributed by atoms with Crippen molar-refractivity contribution in [1.29, 1.82) is 5.26 Å². The number of nitriles is 1. The zero-order valence-corrected chi connectivity index (χ0v) is 13.0. The number of H-pyrrole nitrogens is 1. The fourth-order valence-corrected chi connectivity index (χ4v) is 3.28. The van der Waals surface area contributed by atoms with Gasteiger partial charge in [-0.05, 0) is 32.3 Å². The molecular formula is C19H18N2O2. The van der Waals surface area contributed by atoms with Gasteiger partial charge in [0, 0.05) is 28.1 Å². The Kier molecular flexibility index (Phi) is 4.12. The fraction of sp³-hybridized carbons (Fsp3) is 0.316. The molecule has 0 unspecified atom stereocenters. The maximum absolute atomic E-state index is 12.9. The number of carbonyl (C=O) groups is 2. The molecule has 0 aliphatic heterocycles. The topological polar surface area (TPSA) is 73.7 Å². The van der Waals surface area contributed by atoms with E-state index in [0.29, 0.717) is 24.1 Å². The van der Waals surface area contributed by atoms with E-state index in [1.165, 1.54) is 0 Å². The number of aryl methyl sites for hydroxylation is 1. The standard InChI is InChI=1S/C19H18N2O2/c1-12-17(14-9-5-6-10-16(14)21-12)19(23)15(11-20)18(22)13-7-3-2-4-8-13/h2-3,5-6,9-10,13,15,21H,4,7-8H2,1H3/t13-,15-/m1/s1. The van der Waals surface area contributed by atoms with Gasteiger partial charge >= 0.3 is 0 Å². The minimum Gasteiger partial charge on any atom is -0.358 e. The number of aromatic nitrogens is 1. The van der Waals surface area contributed by atoms with Gasteiger partial charge in [-0.15, -0.1) is 0 Å². The Morgan fingerprint density at radius 3 is 2.78 bits per heavy atom. The molecule has 116 valence electrons. The summed E-state index contributed by atoms with van der Waals surface area (Å²) < 4.78 is 0. The number of hydrogen-bond donors (Lipinski definition) is 1. The van der Waals surface area contributed by atoms with Crippen molar-refractivity contribution < 1.29 is 9.59 Å². The van der Waals surface area contributed by atoms with E-state index in [1.807, 2.05) is 42.5 Å². The number of nitrogens with zero attached hydrogens (tertiary/aromatic N) is 1. The third kappa shape index (κ3) is 2.70. The molecule has 0 saturated heterocycles. The molecule has 3 rings (SSSR count). The highest BCUT2D eigenvalue weighted by Crippen LogP contribution is 2.28. The Balaban J connectivity index is 1.96. The summed E-state index contributed by atoms with van der Waals surface area (Å²) in [5, 5.41) is 10.2. The summed E-state index contributed by atoms with van der Waals surface area (Å²) in [6.07, 6.45) is 6.17. The summed E-state index contributed by atoms with van der Waals surface area (Å²) in [4.78, 5) is 28.7. The SMILES string of the molecule is Cc1[nH]c2ccccc2c1C(=O)[C@H](C#N)C(=O)[C@@H]1CC=CCC1. The molecule has 1 N–H and O–H groups in total. The second-order valence-electron chi connectivity index (χ2n) is 5.98. The van der Waals surface area contributed by atoms with E-state index in [2.05, 4.69) is 4.98 Å². The van der Waals surface area contributed by atoms with Crippen LogP contribution in [-0.2, 0) is 4.79 Å². The van der Waals surface area contributed by atoms with Crippen LogP contribution in [-0.4, -0.2) is 16.6 Å². The van der Waals surface area contributed by atoms with E-state index in [-0.39, 0.29) is 17.5 Å². The third-order valence-electron chi connectivity index (χ3n) is 4.49. The van der Waals surface area contributed by atoms with Gasteiger partial charge in [0.05, 0.1) is 6.07 Å². The van der Waals surface area contributed by atoms with Crippen LogP contribution in [0.1, 0.15) is 35.3 Å². The quantitative estimate of drug-likeness (QED) is 0.531. The summed E-state index contributed by atoms with van der Waals surface area (Å²) in [5.74, 6) is -2.07. The maximum Gasteiger partial charge on any atom is 0.189 e. The monoisotopic (exact) mass is 306 g/mol. The van der Waals surface area contributed by atoms with Crippen molar-refractivity contribution in [3.63, 3.8) is 0 Å². The molecule has 0 amide bonds. The van der Waals surface area contributed by atoms with E-state index in [4.69, 9.17) is 0 Å². The van der Waals surface area contributed by atoms with Gasteiger partial charge in [-0.1, -0.05) is 30.4 Å². The second kappa shape index (κ2) is 6.21. The van der Waals surface area contributed by atoms with Crippen LogP contribution in [0, 0.1) is 30.1 Å². The lowest BCUT2D eigenvalue weighted by Crippen LogP contribution is -2.29. The molecule has 0 spiro atoms. The highest BCUT2D eigenvalue weighted by molar-refractivity contribution is 6.19. The molecule has 0 fully saturated rings. The van der Waals surface area contributed by atoms with Crippen LogP contribution in [0.3, 0.4) is 0 Å². The molecular weight excluding hydrogens is 288 g/mol. The molecule has 0 saturated carbocycles. The number of aromatic amines is 1. The summed E-state index contributed by atoms with van der Waals surface area (Å²) >= 11 is 0. The van der Waals surface area contributed by atoms with E-state index in [1.54, 1.807) is 6.92 Å². The number of benzene rings is 1. The predicted molar refractivity (Wildman–Crippen MR) is 88.0 cm³/mol. The van der Waals surface area contributed by atoms with Crippen molar-refractivity contribution in [2.45, 2.75) is 26.2 Å². The predicted octanol–water partition coefficient (Wildman–Crippen LogP) is 3.72. The first-order chi connectivity index (χ1) is 11.1. The molecule has 0 radical (unpaired) electrons. The fourth-order valence-electron chi connectivity index (χ4n) is 3.28. The number of Topliss-reactive ketones (excluding diaryl/α,β-unsaturated/α-hetero) is 2. The smallest absolute Gasteiger partial charge is 0.189 e. The molecule has 23 heavy (non-hydrogen) atoms. The van der Waals surface area contributed by atoms with Crippen LogP contribution in [0.5, 0.6) is 0 Å². The Morgan fingerprint density at radius 1 is 1.30 bits per heavy atom. The molecule has 1 aliphatic rings. The third-order valence-corrected chi connectivity index (χ3v) is 4.49. The molecule has 4 heteroatoms. The van der Waals surface area contributed by atoms with Crippen LogP contribution < -0.4 is 0 Å². The van der Waals surface area contributed by atoms with E-state index >= 15 is 0 Å². The van der Waals surface area contributed by atoms with Crippen molar-refractivity contribution in [3.05, 3.63) is 47.7 Å². The molecule has 4 nitrogen and oxygen atoms in total. The van der Waals surface area contributed by atoms with Crippen LogP contribution in [0.25, 0.3) is 10.9 Å². The lowest BCUT2D eigenvalue weighted by Gasteiger charge is -2.18.